The zero-order valence-corrected chi connectivity index (χ0v) is 21.6. The highest BCUT2D eigenvalue weighted by Gasteiger charge is 2.13. The lowest BCUT2D eigenvalue weighted by Crippen LogP contribution is -2.15. The van der Waals surface area contributed by atoms with Crippen molar-refractivity contribution in [3.8, 4) is 0 Å². The molecule has 2 amide bonds. The van der Waals surface area contributed by atoms with Crippen LogP contribution in [0.2, 0.25) is 0 Å². The fraction of sp³-hybridized carbons (Fsp3) is 0.160. The number of nitrogens with one attached hydrogen (secondary N) is 2. The Morgan fingerprint density at radius 3 is 1.35 bits per heavy atom. The number of thiazole rings is 1. The second kappa shape index (κ2) is 17.2. The van der Waals surface area contributed by atoms with Crippen molar-refractivity contribution < 1.29 is 49.2 Å². The van der Waals surface area contributed by atoms with Gasteiger partial charge < -0.3 is 36.8 Å². The van der Waals surface area contributed by atoms with Crippen LogP contribution < -0.4 is 16.4 Å². The van der Waals surface area contributed by atoms with E-state index in [2.05, 4.69) is 15.6 Å². The van der Waals surface area contributed by atoms with Gasteiger partial charge in [0.15, 0.2) is 5.13 Å². The molecular formula is C25H26N4O10S. The number of carboxylic acid groups (broad SMARTS) is 4. The number of carbonyl (C=O) groups is 6. The van der Waals surface area contributed by atoms with Crippen molar-refractivity contribution in [2.24, 2.45) is 0 Å². The van der Waals surface area contributed by atoms with E-state index in [1.807, 2.05) is 5.38 Å². The first-order valence-corrected chi connectivity index (χ1v) is 12.1. The van der Waals surface area contributed by atoms with Crippen molar-refractivity contribution in [3.05, 3.63) is 71.2 Å². The largest absolute Gasteiger partial charge is 0.481 e. The molecule has 1 heterocycles. The van der Waals surface area contributed by atoms with Crippen LogP contribution in [0.3, 0.4) is 0 Å². The highest BCUT2D eigenvalue weighted by Crippen LogP contribution is 2.16. The number of hydrogen-bond acceptors (Lipinski definition) is 9. The second-order valence-corrected chi connectivity index (χ2v) is 8.38. The number of aromatic nitrogens is 1. The third-order valence-electron chi connectivity index (χ3n) is 4.45. The summed E-state index contributed by atoms with van der Waals surface area (Å²) in [5.74, 6) is -5.51. The van der Waals surface area contributed by atoms with Crippen molar-refractivity contribution in [1.29, 1.82) is 0 Å². The molecule has 8 N–H and O–H groups in total. The lowest BCUT2D eigenvalue weighted by Gasteiger charge is -2.07. The van der Waals surface area contributed by atoms with Gasteiger partial charge in [0, 0.05) is 24.4 Å². The maximum Gasteiger partial charge on any atom is 0.337 e. The minimum atomic E-state index is -1.15. The van der Waals surface area contributed by atoms with E-state index in [1.54, 1.807) is 18.3 Å². The first kappa shape index (κ1) is 32.7. The molecule has 0 aliphatic heterocycles. The number of nitrogen functional groups attached to an aromatic ring is 1. The van der Waals surface area contributed by atoms with Crippen molar-refractivity contribution in [3.63, 3.8) is 0 Å². The average Bonchev–Trinajstić information content (AvgIpc) is 3.38. The van der Waals surface area contributed by atoms with E-state index in [0.717, 1.165) is 0 Å². The molecule has 3 rings (SSSR count). The van der Waals surface area contributed by atoms with E-state index in [-0.39, 0.29) is 48.2 Å². The maximum atomic E-state index is 11.3. The van der Waals surface area contributed by atoms with Crippen molar-refractivity contribution in [2.45, 2.75) is 25.7 Å². The van der Waals surface area contributed by atoms with Crippen LogP contribution >= 0.6 is 11.3 Å². The number of anilines is 3. The number of carboxylic acids is 4. The van der Waals surface area contributed by atoms with Crippen LogP contribution in [-0.4, -0.2) is 61.1 Å². The van der Waals surface area contributed by atoms with Gasteiger partial charge in [-0.2, -0.15) is 0 Å². The molecule has 0 spiro atoms. The van der Waals surface area contributed by atoms with E-state index >= 15 is 0 Å². The molecule has 40 heavy (non-hydrogen) atoms. The summed E-state index contributed by atoms with van der Waals surface area (Å²) in [6, 6.07) is 11.8. The SMILES string of the molecule is Nc1nccs1.O=C(O)CCC(=O)Nc1ccccc1C(=O)O.O=C(O)CCC(=O)Nc1ccccc1C(=O)O. The molecule has 3 aromatic rings. The van der Waals surface area contributed by atoms with Crippen LogP contribution in [0.15, 0.2) is 60.1 Å². The van der Waals surface area contributed by atoms with Crippen molar-refractivity contribution >= 4 is 63.5 Å². The van der Waals surface area contributed by atoms with Crippen molar-refractivity contribution in [1.82, 2.24) is 4.98 Å². The Kier molecular flexibility index (Phi) is 14.1. The predicted molar refractivity (Wildman–Crippen MR) is 144 cm³/mol. The molecule has 0 saturated heterocycles. The molecule has 0 fully saturated rings. The summed E-state index contributed by atoms with van der Waals surface area (Å²) in [6.45, 7) is 0. The third-order valence-corrected chi connectivity index (χ3v) is 5.05. The number of hydrogen-bond donors (Lipinski definition) is 7. The Hall–Kier alpha value is -5.31. The fourth-order valence-corrected chi connectivity index (χ4v) is 3.04. The monoisotopic (exact) mass is 574 g/mol. The normalized spacial score (nSPS) is 9.50. The summed E-state index contributed by atoms with van der Waals surface area (Å²) in [6.07, 6.45) is 0.717. The van der Waals surface area contributed by atoms with Crippen LogP contribution in [0.1, 0.15) is 46.4 Å². The number of carbonyl (C=O) groups excluding carboxylic acids is 2. The van der Waals surface area contributed by atoms with Crippen LogP contribution in [0.25, 0.3) is 0 Å². The Morgan fingerprint density at radius 2 is 1.07 bits per heavy atom. The number of para-hydroxylation sites is 2. The minimum Gasteiger partial charge on any atom is -0.481 e. The maximum absolute atomic E-state index is 11.3. The zero-order chi connectivity index (χ0) is 30.1. The Bertz CT molecular complexity index is 1240. The highest BCUT2D eigenvalue weighted by molar-refractivity contribution is 7.13. The molecule has 0 unspecified atom stereocenters. The van der Waals surface area contributed by atoms with Crippen LogP contribution in [-0.2, 0) is 19.2 Å². The topological polar surface area (TPSA) is 246 Å². The van der Waals surface area contributed by atoms with E-state index < -0.39 is 35.7 Å². The third kappa shape index (κ3) is 13.3. The lowest BCUT2D eigenvalue weighted by atomic mass is 10.1. The molecule has 14 nitrogen and oxygen atoms in total. The zero-order valence-electron chi connectivity index (χ0n) is 20.8. The van der Waals surface area contributed by atoms with Gasteiger partial charge >= 0.3 is 23.9 Å². The molecule has 15 heteroatoms. The fourth-order valence-electron chi connectivity index (χ4n) is 2.66. The van der Waals surface area contributed by atoms with E-state index in [4.69, 9.17) is 26.2 Å². The lowest BCUT2D eigenvalue weighted by molar-refractivity contribution is -0.138. The van der Waals surface area contributed by atoms with Crippen LogP contribution in [0.4, 0.5) is 16.5 Å². The molecule has 212 valence electrons. The van der Waals surface area contributed by atoms with Crippen molar-refractivity contribution in [2.75, 3.05) is 16.4 Å². The quantitative estimate of drug-likeness (QED) is 0.185. The molecule has 0 bridgehead atoms. The van der Waals surface area contributed by atoms with E-state index in [0.29, 0.717) is 5.13 Å². The number of nitrogens with zero attached hydrogens (tertiary/aromatic N) is 1. The molecule has 2 aromatic carbocycles. The smallest absolute Gasteiger partial charge is 0.337 e. The van der Waals surface area contributed by atoms with Gasteiger partial charge in [0.1, 0.15) is 0 Å². The van der Waals surface area contributed by atoms with Gasteiger partial charge in [0.05, 0.1) is 35.3 Å². The number of aliphatic carboxylic acids is 2. The van der Waals surface area contributed by atoms with Gasteiger partial charge in [0.2, 0.25) is 11.8 Å². The summed E-state index contributed by atoms with van der Waals surface area (Å²) < 4.78 is 0. The summed E-state index contributed by atoms with van der Waals surface area (Å²) in [7, 11) is 0. The predicted octanol–water partition coefficient (Wildman–Crippen LogP) is 3.10. The van der Waals surface area contributed by atoms with Gasteiger partial charge in [-0.25, -0.2) is 14.6 Å². The Morgan fingerprint density at radius 1 is 0.675 bits per heavy atom. The molecule has 1 aromatic heterocycles. The second-order valence-electron chi connectivity index (χ2n) is 7.46. The minimum absolute atomic E-state index is 0.0313. The van der Waals surface area contributed by atoms with Gasteiger partial charge in [-0.15, -0.1) is 11.3 Å². The number of rotatable bonds is 10. The number of aromatic carboxylic acids is 2. The molecule has 0 saturated carbocycles. The van der Waals surface area contributed by atoms with E-state index in [1.165, 1.54) is 47.7 Å². The van der Waals surface area contributed by atoms with Crippen LogP contribution in [0, 0.1) is 0 Å². The van der Waals surface area contributed by atoms with Gasteiger partial charge in [0.25, 0.3) is 0 Å². The summed E-state index contributed by atoms with van der Waals surface area (Å²) in [4.78, 5) is 68.5. The first-order valence-electron chi connectivity index (χ1n) is 11.2. The Labute approximate surface area is 231 Å². The standard InChI is InChI=1S/2C11H11NO5.C3H4N2S/c2*13-9(5-6-10(14)15)12-8-4-2-1-3-7(8)11(16)17;4-3-5-1-2-6-3/h2*1-4H,5-6H2,(H,12,13)(H,14,15)(H,16,17);1-2H,(H2,4,5). The molecule has 0 aliphatic carbocycles. The molecular weight excluding hydrogens is 548 g/mol. The summed E-state index contributed by atoms with van der Waals surface area (Å²) in [5.41, 5.74) is 5.45. The van der Waals surface area contributed by atoms with Crippen LogP contribution in [0.5, 0.6) is 0 Å². The molecule has 0 aliphatic rings. The number of nitrogens with two attached hydrogens (primary N) is 1. The molecule has 0 atom stereocenters. The van der Waals surface area contributed by atoms with Gasteiger partial charge in [-0.05, 0) is 24.3 Å². The summed E-state index contributed by atoms with van der Waals surface area (Å²) >= 11 is 1.44. The average molecular weight is 575 g/mol. The highest BCUT2D eigenvalue weighted by atomic mass is 32.1. The van der Waals surface area contributed by atoms with Gasteiger partial charge in [-0.1, -0.05) is 24.3 Å². The number of benzene rings is 2. The van der Waals surface area contributed by atoms with Gasteiger partial charge in [-0.3, -0.25) is 19.2 Å². The van der Waals surface area contributed by atoms with E-state index in [9.17, 15) is 28.8 Å². The molecule has 0 radical (unpaired) electrons. The Balaban J connectivity index is 0.000000331. The first-order chi connectivity index (χ1) is 18.9. The number of amides is 2. The summed E-state index contributed by atoms with van der Waals surface area (Å²) in [5, 5.41) is 41.7.